The second-order valence-corrected chi connectivity index (χ2v) is 9.32. The number of rotatable bonds is 9. The van der Waals surface area contributed by atoms with Gasteiger partial charge in [-0.25, -0.2) is 4.99 Å². The number of nitrogens with one attached hydrogen (secondary N) is 1. The Balaban J connectivity index is 1.60. The summed E-state index contributed by atoms with van der Waals surface area (Å²) in [5.74, 6) is 1.56. The van der Waals surface area contributed by atoms with E-state index >= 15 is 0 Å². The standard InChI is InChI=1S/C28H29N3O5S/c1-4-36-22-15-11-20(12-16-22)29-28-31(18-19-9-13-21(34-2)14-10-19)26(32)17-25(37-28)27(33)30-23-7-5-6-8-24(23)35-3/h5-16,25H,4,17-18H2,1-3H3,(H,30,33)/t25-/m0/s1. The largest absolute Gasteiger partial charge is 0.497 e. The number of amides is 2. The molecule has 0 saturated carbocycles. The highest BCUT2D eigenvalue weighted by Crippen LogP contribution is 2.32. The van der Waals surface area contributed by atoms with E-state index in [-0.39, 0.29) is 18.2 Å². The molecule has 1 aliphatic rings. The Hall–Kier alpha value is -3.98. The van der Waals surface area contributed by atoms with Gasteiger partial charge in [-0.3, -0.25) is 14.5 Å². The van der Waals surface area contributed by atoms with Crippen molar-refractivity contribution in [1.29, 1.82) is 0 Å². The molecule has 1 fully saturated rings. The van der Waals surface area contributed by atoms with Crippen molar-refractivity contribution in [2.45, 2.75) is 25.1 Å². The summed E-state index contributed by atoms with van der Waals surface area (Å²) in [5.41, 5.74) is 2.13. The van der Waals surface area contributed by atoms with Crippen LogP contribution in [-0.2, 0) is 16.1 Å². The third kappa shape index (κ3) is 6.62. The summed E-state index contributed by atoms with van der Waals surface area (Å²) in [6, 6.07) is 22.0. The van der Waals surface area contributed by atoms with Gasteiger partial charge in [0.05, 0.1) is 38.7 Å². The van der Waals surface area contributed by atoms with Crippen LogP contribution in [0.1, 0.15) is 18.9 Å². The van der Waals surface area contributed by atoms with E-state index in [9.17, 15) is 9.59 Å². The zero-order valence-electron chi connectivity index (χ0n) is 21.0. The van der Waals surface area contributed by atoms with E-state index in [4.69, 9.17) is 19.2 Å². The minimum atomic E-state index is -0.647. The number of ether oxygens (including phenoxy) is 3. The van der Waals surface area contributed by atoms with Gasteiger partial charge in [0.1, 0.15) is 22.5 Å². The summed E-state index contributed by atoms with van der Waals surface area (Å²) in [4.78, 5) is 32.9. The van der Waals surface area contributed by atoms with Gasteiger partial charge in [-0.05, 0) is 61.0 Å². The van der Waals surface area contributed by atoms with E-state index in [0.29, 0.717) is 35.4 Å². The molecule has 0 radical (unpaired) electrons. The monoisotopic (exact) mass is 519 g/mol. The molecule has 0 spiro atoms. The second-order valence-electron chi connectivity index (χ2n) is 8.15. The Kier molecular flexibility index (Phi) is 8.68. The lowest BCUT2D eigenvalue weighted by Gasteiger charge is -2.32. The van der Waals surface area contributed by atoms with E-state index in [1.807, 2.05) is 67.6 Å². The van der Waals surface area contributed by atoms with E-state index in [1.54, 1.807) is 31.3 Å². The molecular weight excluding hydrogens is 490 g/mol. The first-order valence-corrected chi connectivity index (χ1v) is 12.7. The van der Waals surface area contributed by atoms with Gasteiger partial charge >= 0.3 is 0 Å². The van der Waals surface area contributed by atoms with Gasteiger partial charge in [-0.2, -0.15) is 0 Å². The zero-order chi connectivity index (χ0) is 26.2. The number of methoxy groups -OCH3 is 2. The fourth-order valence-corrected chi connectivity index (χ4v) is 4.86. The lowest BCUT2D eigenvalue weighted by Crippen LogP contribution is -2.44. The molecule has 0 aromatic heterocycles. The summed E-state index contributed by atoms with van der Waals surface area (Å²) < 4.78 is 16.1. The summed E-state index contributed by atoms with van der Waals surface area (Å²) in [6.45, 7) is 2.81. The molecule has 0 unspecified atom stereocenters. The number of thioether (sulfide) groups is 1. The minimum absolute atomic E-state index is 0.0457. The van der Waals surface area contributed by atoms with Crippen LogP contribution in [0.15, 0.2) is 77.8 Å². The average molecular weight is 520 g/mol. The maximum absolute atomic E-state index is 13.3. The van der Waals surface area contributed by atoms with Crippen molar-refractivity contribution < 1.29 is 23.8 Å². The zero-order valence-corrected chi connectivity index (χ0v) is 21.8. The van der Waals surface area contributed by atoms with Crippen molar-refractivity contribution >= 4 is 40.1 Å². The van der Waals surface area contributed by atoms with Crippen LogP contribution >= 0.6 is 11.8 Å². The molecule has 1 heterocycles. The van der Waals surface area contributed by atoms with E-state index in [2.05, 4.69) is 5.32 Å². The van der Waals surface area contributed by atoms with Crippen molar-refractivity contribution in [1.82, 2.24) is 4.90 Å². The number of hydrogen-bond donors (Lipinski definition) is 1. The molecule has 1 saturated heterocycles. The van der Waals surface area contributed by atoms with Crippen molar-refractivity contribution in [2.75, 3.05) is 26.1 Å². The first-order valence-electron chi connectivity index (χ1n) is 11.9. The number of benzene rings is 3. The van der Waals surface area contributed by atoms with Crippen molar-refractivity contribution in [3.8, 4) is 17.2 Å². The topological polar surface area (TPSA) is 89.5 Å². The number of anilines is 1. The van der Waals surface area contributed by atoms with Crippen LogP contribution in [-0.4, -0.2) is 48.0 Å². The highest BCUT2D eigenvalue weighted by Gasteiger charge is 2.36. The summed E-state index contributed by atoms with van der Waals surface area (Å²) in [5, 5.41) is 2.70. The first kappa shape index (κ1) is 26.1. The third-order valence-corrected chi connectivity index (χ3v) is 6.86. The van der Waals surface area contributed by atoms with Gasteiger partial charge < -0.3 is 19.5 Å². The molecule has 1 N–H and O–H groups in total. The predicted octanol–water partition coefficient (Wildman–Crippen LogP) is 5.26. The summed E-state index contributed by atoms with van der Waals surface area (Å²) in [6.07, 6.45) is 0.0457. The van der Waals surface area contributed by atoms with Crippen molar-refractivity contribution in [2.24, 2.45) is 4.99 Å². The van der Waals surface area contributed by atoms with Crippen LogP contribution in [0, 0.1) is 0 Å². The van der Waals surface area contributed by atoms with Crippen LogP contribution < -0.4 is 19.5 Å². The van der Waals surface area contributed by atoms with Gasteiger partial charge in [0.25, 0.3) is 0 Å². The van der Waals surface area contributed by atoms with Crippen molar-refractivity contribution in [3.63, 3.8) is 0 Å². The molecule has 2 amide bonds. The highest BCUT2D eigenvalue weighted by atomic mass is 32.2. The predicted molar refractivity (Wildman–Crippen MR) is 146 cm³/mol. The molecule has 3 aromatic rings. The lowest BCUT2D eigenvalue weighted by molar-refractivity contribution is -0.129. The highest BCUT2D eigenvalue weighted by molar-refractivity contribution is 8.15. The van der Waals surface area contributed by atoms with Gasteiger partial charge in [-0.15, -0.1) is 0 Å². The Labute approximate surface area is 220 Å². The van der Waals surface area contributed by atoms with E-state index in [0.717, 1.165) is 17.1 Å². The number of para-hydroxylation sites is 2. The molecule has 4 rings (SSSR count). The summed E-state index contributed by atoms with van der Waals surface area (Å²) >= 11 is 1.27. The van der Waals surface area contributed by atoms with Crippen LogP contribution in [0.3, 0.4) is 0 Å². The van der Waals surface area contributed by atoms with Gasteiger partial charge in [0.2, 0.25) is 11.8 Å². The lowest BCUT2D eigenvalue weighted by atomic mass is 10.2. The molecule has 192 valence electrons. The minimum Gasteiger partial charge on any atom is -0.497 e. The molecule has 0 aliphatic carbocycles. The molecule has 0 bridgehead atoms. The molecule has 3 aromatic carbocycles. The van der Waals surface area contributed by atoms with Crippen molar-refractivity contribution in [3.05, 3.63) is 78.4 Å². The van der Waals surface area contributed by atoms with Gasteiger partial charge in [0.15, 0.2) is 5.17 Å². The normalized spacial score (nSPS) is 16.4. The van der Waals surface area contributed by atoms with Crippen LogP contribution in [0.4, 0.5) is 11.4 Å². The maximum atomic E-state index is 13.3. The van der Waals surface area contributed by atoms with Crippen LogP contribution in [0.2, 0.25) is 0 Å². The molecule has 9 heteroatoms. The Bertz CT molecular complexity index is 1260. The number of nitrogens with zero attached hydrogens (tertiary/aromatic N) is 2. The second kappa shape index (κ2) is 12.3. The Morgan fingerprint density at radius 3 is 2.38 bits per heavy atom. The fourth-order valence-electron chi connectivity index (χ4n) is 3.77. The molecule has 37 heavy (non-hydrogen) atoms. The van der Waals surface area contributed by atoms with E-state index in [1.165, 1.54) is 11.8 Å². The molecule has 1 atom stereocenters. The number of aliphatic imine (C=N–C) groups is 1. The molecule has 1 aliphatic heterocycles. The maximum Gasteiger partial charge on any atom is 0.238 e. The first-order chi connectivity index (χ1) is 18.0. The smallest absolute Gasteiger partial charge is 0.238 e. The van der Waals surface area contributed by atoms with Crippen LogP contribution in [0.5, 0.6) is 17.2 Å². The van der Waals surface area contributed by atoms with Gasteiger partial charge in [-0.1, -0.05) is 36.0 Å². The van der Waals surface area contributed by atoms with E-state index < -0.39 is 5.25 Å². The summed E-state index contributed by atoms with van der Waals surface area (Å²) in [7, 11) is 3.15. The quantitative estimate of drug-likeness (QED) is 0.415. The SMILES string of the molecule is CCOc1ccc(N=C2S[C@H](C(=O)Nc3ccccc3OC)CC(=O)N2Cc2ccc(OC)cc2)cc1. The molecular formula is C28H29N3O5S. The van der Waals surface area contributed by atoms with Crippen LogP contribution in [0.25, 0.3) is 0 Å². The number of carbonyl (C=O) groups is 2. The van der Waals surface area contributed by atoms with Gasteiger partial charge in [0, 0.05) is 6.42 Å². The number of carbonyl (C=O) groups excluding carboxylic acids is 2. The average Bonchev–Trinajstić information content (AvgIpc) is 2.92. The Morgan fingerprint density at radius 1 is 1.00 bits per heavy atom. The fraction of sp³-hybridized carbons (Fsp3) is 0.250. The number of amidine groups is 1. The number of hydrogen-bond acceptors (Lipinski definition) is 7. The molecule has 8 nitrogen and oxygen atoms in total. The Morgan fingerprint density at radius 2 is 1.70 bits per heavy atom. The third-order valence-electron chi connectivity index (χ3n) is 5.67.